The van der Waals surface area contributed by atoms with E-state index in [2.05, 4.69) is 6.07 Å². The molecule has 1 heterocycles. The molecule has 0 saturated heterocycles. The molecule has 1 saturated carbocycles. The molecule has 0 aliphatic heterocycles. The quantitative estimate of drug-likeness (QED) is 0.840. The van der Waals surface area contributed by atoms with E-state index in [9.17, 15) is 10.1 Å². The fourth-order valence-corrected chi connectivity index (χ4v) is 2.92. The molecule has 2 aromatic rings. The van der Waals surface area contributed by atoms with Crippen LogP contribution in [0.15, 0.2) is 30.5 Å². The summed E-state index contributed by atoms with van der Waals surface area (Å²) in [7, 11) is 3.73. The monoisotopic (exact) mass is 267 g/mol. The van der Waals surface area contributed by atoms with Crippen molar-refractivity contribution >= 4 is 22.5 Å². The Kier molecular flexibility index (Phi) is 2.79. The first kappa shape index (κ1) is 12.7. The van der Waals surface area contributed by atoms with E-state index in [-0.39, 0.29) is 5.91 Å². The Balaban J connectivity index is 2.03. The number of nitriles is 1. The summed E-state index contributed by atoms with van der Waals surface area (Å²) >= 11 is 0. The van der Waals surface area contributed by atoms with E-state index < -0.39 is 5.41 Å². The van der Waals surface area contributed by atoms with Gasteiger partial charge in [0.15, 0.2) is 0 Å². The van der Waals surface area contributed by atoms with Crippen LogP contribution in [0.5, 0.6) is 0 Å². The fourth-order valence-electron chi connectivity index (χ4n) is 2.92. The van der Waals surface area contributed by atoms with Crippen molar-refractivity contribution in [1.82, 2.24) is 4.57 Å². The molecule has 1 aliphatic carbocycles. The first-order valence-electron chi connectivity index (χ1n) is 6.82. The van der Waals surface area contributed by atoms with Gasteiger partial charge in [0, 0.05) is 31.2 Å². The fraction of sp³-hybridized carbons (Fsp3) is 0.375. The number of para-hydroxylation sites is 1. The van der Waals surface area contributed by atoms with Crippen molar-refractivity contribution < 1.29 is 4.79 Å². The van der Waals surface area contributed by atoms with Gasteiger partial charge in [0.25, 0.3) is 0 Å². The number of rotatable bonds is 2. The van der Waals surface area contributed by atoms with Crippen LogP contribution < -0.4 is 4.90 Å². The summed E-state index contributed by atoms with van der Waals surface area (Å²) in [6, 6.07) is 10.2. The van der Waals surface area contributed by atoms with Gasteiger partial charge in [0.05, 0.1) is 11.8 Å². The van der Waals surface area contributed by atoms with Crippen molar-refractivity contribution in [3.63, 3.8) is 0 Å². The molecule has 0 atom stereocenters. The zero-order valence-electron chi connectivity index (χ0n) is 11.8. The summed E-state index contributed by atoms with van der Waals surface area (Å²) in [5.41, 5.74) is 1.16. The van der Waals surface area contributed by atoms with E-state index in [1.54, 1.807) is 11.9 Å². The highest BCUT2D eigenvalue weighted by Gasteiger charge is 2.46. The molecular weight excluding hydrogens is 250 g/mol. The lowest BCUT2D eigenvalue weighted by Gasteiger charge is -2.36. The third-order valence-electron chi connectivity index (χ3n) is 4.37. The summed E-state index contributed by atoms with van der Waals surface area (Å²) in [6.45, 7) is 0. The molecule has 3 rings (SSSR count). The number of hydrogen-bond donors (Lipinski definition) is 0. The van der Waals surface area contributed by atoms with Crippen molar-refractivity contribution in [3.8, 4) is 6.07 Å². The van der Waals surface area contributed by atoms with Crippen molar-refractivity contribution in [2.24, 2.45) is 12.5 Å². The number of aryl methyl sites for hydroxylation is 1. The van der Waals surface area contributed by atoms with Crippen LogP contribution in [0.25, 0.3) is 10.9 Å². The molecule has 1 amide bonds. The molecule has 0 radical (unpaired) electrons. The first-order valence-corrected chi connectivity index (χ1v) is 6.82. The van der Waals surface area contributed by atoms with Gasteiger partial charge in [-0.05, 0) is 25.3 Å². The van der Waals surface area contributed by atoms with Gasteiger partial charge in [-0.25, -0.2) is 0 Å². The molecule has 0 N–H and O–H groups in total. The van der Waals surface area contributed by atoms with E-state index in [0.717, 1.165) is 23.0 Å². The maximum Gasteiger partial charge on any atom is 0.247 e. The van der Waals surface area contributed by atoms with E-state index in [4.69, 9.17) is 0 Å². The summed E-state index contributed by atoms with van der Waals surface area (Å²) in [5, 5.41) is 10.4. The van der Waals surface area contributed by atoms with Crippen LogP contribution in [0.3, 0.4) is 0 Å². The number of aromatic nitrogens is 1. The second kappa shape index (κ2) is 4.38. The van der Waals surface area contributed by atoms with Gasteiger partial charge in [-0.15, -0.1) is 0 Å². The highest BCUT2D eigenvalue weighted by molar-refractivity contribution is 6.06. The predicted octanol–water partition coefficient (Wildman–Crippen LogP) is 2.83. The molecule has 1 aliphatic rings. The third kappa shape index (κ3) is 1.63. The predicted molar refractivity (Wildman–Crippen MR) is 78.2 cm³/mol. The Morgan fingerprint density at radius 2 is 2.10 bits per heavy atom. The summed E-state index contributed by atoms with van der Waals surface area (Å²) < 4.78 is 2.01. The zero-order chi connectivity index (χ0) is 14.3. The van der Waals surface area contributed by atoms with Crippen molar-refractivity contribution in [3.05, 3.63) is 30.5 Å². The van der Waals surface area contributed by atoms with Crippen LogP contribution in [-0.2, 0) is 11.8 Å². The van der Waals surface area contributed by atoms with Crippen LogP contribution in [0.2, 0.25) is 0 Å². The standard InChI is InChI=1S/C16H17N3O/c1-18-10-14(12-6-3-4-7-13(12)18)19(2)15(20)16(11-17)8-5-9-16/h3-4,6-7,10H,5,8-9H2,1-2H3. The lowest BCUT2D eigenvalue weighted by Crippen LogP contribution is -2.45. The molecule has 1 fully saturated rings. The minimum absolute atomic E-state index is 0.0809. The van der Waals surface area contributed by atoms with Crippen LogP contribution in [0.4, 0.5) is 5.69 Å². The van der Waals surface area contributed by atoms with Crippen LogP contribution in [0.1, 0.15) is 19.3 Å². The van der Waals surface area contributed by atoms with Gasteiger partial charge in [0.2, 0.25) is 5.91 Å². The molecule has 0 unspecified atom stereocenters. The maximum absolute atomic E-state index is 12.6. The minimum Gasteiger partial charge on any atom is -0.348 e. The second-order valence-corrected chi connectivity index (χ2v) is 5.55. The summed E-state index contributed by atoms with van der Waals surface area (Å²) in [6.07, 6.45) is 4.27. The topological polar surface area (TPSA) is 49.0 Å². The first-order chi connectivity index (χ1) is 9.59. The van der Waals surface area contributed by atoms with E-state index in [0.29, 0.717) is 12.8 Å². The van der Waals surface area contributed by atoms with Gasteiger partial charge >= 0.3 is 0 Å². The van der Waals surface area contributed by atoms with Gasteiger partial charge in [-0.1, -0.05) is 18.2 Å². The lowest BCUT2D eigenvalue weighted by atomic mass is 9.69. The smallest absolute Gasteiger partial charge is 0.247 e. The number of benzene rings is 1. The molecule has 102 valence electrons. The Hall–Kier alpha value is -2.28. The van der Waals surface area contributed by atoms with E-state index >= 15 is 0 Å². The van der Waals surface area contributed by atoms with Gasteiger partial charge in [0.1, 0.15) is 5.41 Å². The number of carbonyl (C=O) groups excluding carboxylic acids is 1. The molecule has 20 heavy (non-hydrogen) atoms. The zero-order valence-corrected chi connectivity index (χ0v) is 11.8. The van der Waals surface area contributed by atoms with Gasteiger partial charge < -0.3 is 9.47 Å². The minimum atomic E-state index is -0.800. The number of carbonyl (C=O) groups is 1. The highest BCUT2D eigenvalue weighted by atomic mass is 16.2. The third-order valence-corrected chi connectivity index (χ3v) is 4.37. The maximum atomic E-state index is 12.6. The molecule has 0 bridgehead atoms. The average Bonchev–Trinajstić information content (AvgIpc) is 2.75. The summed E-state index contributed by atoms with van der Waals surface area (Å²) in [5.74, 6) is -0.0809. The SMILES string of the molecule is CN(C(=O)C1(C#N)CCC1)c1cn(C)c2ccccc12. The molecular formula is C16H17N3O. The van der Waals surface area contributed by atoms with Crippen molar-refractivity contribution in [2.75, 3.05) is 11.9 Å². The Morgan fingerprint density at radius 1 is 1.40 bits per heavy atom. The van der Waals surface area contributed by atoms with Crippen LogP contribution in [0, 0.1) is 16.7 Å². The lowest BCUT2D eigenvalue weighted by molar-refractivity contribution is -0.128. The average molecular weight is 267 g/mol. The Labute approximate surface area is 118 Å². The summed E-state index contributed by atoms with van der Waals surface area (Å²) in [4.78, 5) is 14.3. The Bertz CT molecular complexity index is 719. The number of nitrogens with zero attached hydrogens (tertiary/aromatic N) is 3. The van der Waals surface area contributed by atoms with Crippen LogP contribution in [-0.4, -0.2) is 17.5 Å². The molecule has 4 heteroatoms. The van der Waals surface area contributed by atoms with Crippen molar-refractivity contribution in [1.29, 1.82) is 5.26 Å². The number of anilines is 1. The molecule has 1 aromatic heterocycles. The normalized spacial score (nSPS) is 16.4. The van der Waals surface area contributed by atoms with Crippen molar-refractivity contribution in [2.45, 2.75) is 19.3 Å². The van der Waals surface area contributed by atoms with Crippen LogP contribution >= 0.6 is 0 Å². The molecule has 0 spiro atoms. The number of amides is 1. The Morgan fingerprint density at radius 3 is 2.70 bits per heavy atom. The number of hydrogen-bond acceptors (Lipinski definition) is 2. The highest BCUT2D eigenvalue weighted by Crippen LogP contribution is 2.43. The van der Waals surface area contributed by atoms with Gasteiger partial charge in [-0.2, -0.15) is 5.26 Å². The molecule has 4 nitrogen and oxygen atoms in total. The van der Waals surface area contributed by atoms with Gasteiger partial charge in [-0.3, -0.25) is 4.79 Å². The largest absolute Gasteiger partial charge is 0.348 e. The number of fused-ring (bicyclic) bond motifs is 1. The second-order valence-electron chi connectivity index (χ2n) is 5.55. The van der Waals surface area contributed by atoms with E-state index in [1.165, 1.54) is 0 Å². The molecule has 1 aromatic carbocycles. The van der Waals surface area contributed by atoms with E-state index in [1.807, 2.05) is 42.1 Å².